The molecule has 0 saturated carbocycles. The van der Waals surface area contributed by atoms with E-state index < -0.39 is 0 Å². The molecule has 0 unspecified atom stereocenters. The SMILES string of the molecule is Cc1nn(C)cc1-c1nc(C)n(Cc2ccccc2)c1N. The second-order valence-corrected chi connectivity index (χ2v) is 5.27. The average molecular weight is 281 g/mol. The molecule has 1 aromatic carbocycles. The lowest BCUT2D eigenvalue weighted by Crippen LogP contribution is -2.06. The second kappa shape index (κ2) is 5.09. The van der Waals surface area contributed by atoms with Gasteiger partial charge in [-0.2, -0.15) is 5.10 Å². The van der Waals surface area contributed by atoms with E-state index in [-0.39, 0.29) is 0 Å². The molecule has 108 valence electrons. The van der Waals surface area contributed by atoms with Crippen LogP contribution in [0.25, 0.3) is 11.3 Å². The summed E-state index contributed by atoms with van der Waals surface area (Å²) in [6.07, 6.45) is 1.96. The number of nitrogens with zero attached hydrogens (tertiary/aromatic N) is 4. The molecule has 0 saturated heterocycles. The number of anilines is 1. The molecular formula is C16H19N5. The Bertz CT molecular complexity index is 768. The third-order valence-electron chi connectivity index (χ3n) is 3.65. The number of aromatic nitrogens is 4. The van der Waals surface area contributed by atoms with Gasteiger partial charge in [-0.15, -0.1) is 0 Å². The van der Waals surface area contributed by atoms with Gasteiger partial charge in [-0.25, -0.2) is 4.98 Å². The van der Waals surface area contributed by atoms with Gasteiger partial charge in [0.05, 0.1) is 12.2 Å². The van der Waals surface area contributed by atoms with Gasteiger partial charge in [0, 0.05) is 18.8 Å². The van der Waals surface area contributed by atoms with E-state index in [0.29, 0.717) is 5.82 Å². The van der Waals surface area contributed by atoms with E-state index in [1.165, 1.54) is 5.56 Å². The first kappa shape index (κ1) is 13.4. The van der Waals surface area contributed by atoms with Gasteiger partial charge in [0.2, 0.25) is 0 Å². The fraction of sp³-hybridized carbons (Fsp3) is 0.250. The first-order valence-corrected chi connectivity index (χ1v) is 6.93. The highest BCUT2D eigenvalue weighted by molar-refractivity contribution is 5.72. The van der Waals surface area contributed by atoms with E-state index in [4.69, 9.17) is 5.73 Å². The number of hydrogen-bond acceptors (Lipinski definition) is 3. The minimum Gasteiger partial charge on any atom is -0.383 e. The molecule has 0 amide bonds. The summed E-state index contributed by atoms with van der Waals surface area (Å²) in [7, 11) is 1.90. The zero-order chi connectivity index (χ0) is 15.0. The Morgan fingerprint density at radius 3 is 2.48 bits per heavy atom. The van der Waals surface area contributed by atoms with Gasteiger partial charge in [-0.3, -0.25) is 4.68 Å². The van der Waals surface area contributed by atoms with Gasteiger partial charge in [-0.05, 0) is 19.4 Å². The number of nitrogens with two attached hydrogens (primary N) is 1. The zero-order valence-electron chi connectivity index (χ0n) is 12.5. The van der Waals surface area contributed by atoms with E-state index in [2.05, 4.69) is 22.2 Å². The summed E-state index contributed by atoms with van der Waals surface area (Å²) in [6.45, 7) is 4.68. The molecule has 0 radical (unpaired) electrons. The van der Waals surface area contributed by atoms with Crippen LogP contribution in [0.5, 0.6) is 0 Å². The minimum atomic E-state index is 0.687. The Morgan fingerprint density at radius 1 is 1.14 bits per heavy atom. The van der Waals surface area contributed by atoms with Crippen molar-refractivity contribution in [2.75, 3.05) is 5.73 Å². The molecule has 3 aromatic rings. The van der Waals surface area contributed by atoms with Crippen LogP contribution in [0, 0.1) is 13.8 Å². The molecule has 0 spiro atoms. The van der Waals surface area contributed by atoms with Gasteiger partial charge < -0.3 is 10.3 Å². The van der Waals surface area contributed by atoms with Crippen LogP contribution < -0.4 is 5.73 Å². The molecule has 0 aliphatic carbocycles. The third kappa shape index (κ3) is 2.42. The molecule has 0 atom stereocenters. The summed E-state index contributed by atoms with van der Waals surface area (Å²) in [6, 6.07) is 10.3. The van der Waals surface area contributed by atoms with Crippen LogP contribution in [-0.2, 0) is 13.6 Å². The van der Waals surface area contributed by atoms with E-state index >= 15 is 0 Å². The first-order valence-electron chi connectivity index (χ1n) is 6.93. The topological polar surface area (TPSA) is 61.7 Å². The van der Waals surface area contributed by atoms with Crippen molar-refractivity contribution in [3.05, 3.63) is 53.6 Å². The summed E-state index contributed by atoms with van der Waals surface area (Å²) >= 11 is 0. The van der Waals surface area contributed by atoms with Gasteiger partial charge in [0.15, 0.2) is 0 Å². The number of imidazole rings is 1. The van der Waals surface area contributed by atoms with Gasteiger partial charge in [0.25, 0.3) is 0 Å². The highest BCUT2D eigenvalue weighted by Gasteiger charge is 2.17. The molecule has 2 N–H and O–H groups in total. The maximum atomic E-state index is 6.33. The van der Waals surface area contributed by atoms with E-state index in [9.17, 15) is 0 Å². The predicted molar refractivity (Wildman–Crippen MR) is 83.9 cm³/mol. The van der Waals surface area contributed by atoms with Crippen LogP contribution in [0.1, 0.15) is 17.1 Å². The number of aryl methyl sites for hydroxylation is 3. The van der Waals surface area contributed by atoms with Gasteiger partial charge >= 0.3 is 0 Å². The lowest BCUT2D eigenvalue weighted by Gasteiger charge is -2.07. The summed E-state index contributed by atoms with van der Waals surface area (Å²) in [5, 5.41) is 4.36. The highest BCUT2D eigenvalue weighted by Crippen LogP contribution is 2.28. The second-order valence-electron chi connectivity index (χ2n) is 5.27. The number of rotatable bonds is 3. The van der Waals surface area contributed by atoms with Gasteiger partial charge in [-0.1, -0.05) is 30.3 Å². The Kier molecular flexibility index (Phi) is 3.25. The summed E-state index contributed by atoms with van der Waals surface area (Å²) in [5.41, 5.74) is 10.3. The third-order valence-corrected chi connectivity index (χ3v) is 3.65. The average Bonchev–Trinajstić information content (AvgIpc) is 2.93. The molecule has 2 heterocycles. The van der Waals surface area contributed by atoms with Crippen molar-refractivity contribution >= 4 is 5.82 Å². The van der Waals surface area contributed by atoms with Crippen LogP contribution in [0.2, 0.25) is 0 Å². The number of benzene rings is 1. The Hall–Kier alpha value is -2.56. The Balaban J connectivity index is 2.03. The van der Waals surface area contributed by atoms with Crippen molar-refractivity contribution in [3.8, 4) is 11.3 Å². The molecular weight excluding hydrogens is 262 g/mol. The highest BCUT2D eigenvalue weighted by atomic mass is 15.3. The van der Waals surface area contributed by atoms with Crippen LogP contribution >= 0.6 is 0 Å². The normalized spacial score (nSPS) is 11.0. The predicted octanol–water partition coefficient (Wildman–Crippen LogP) is 2.53. The maximum absolute atomic E-state index is 6.33. The maximum Gasteiger partial charge on any atom is 0.132 e. The Labute approximate surface area is 124 Å². The van der Waals surface area contributed by atoms with Crippen molar-refractivity contribution < 1.29 is 0 Å². The molecule has 0 aliphatic rings. The lowest BCUT2D eigenvalue weighted by atomic mass is 10.2. The zero-order valence-corrected chi connectivity index (χ0v) is 12.5. The molecule has 2 aromatic heterocycles. The first-order chi connectivity index (χ1) is 10.1. The van der Waals surface area contributed by atoms with Crippen molar-refractivity contribution in [3.63, 3.8) is 0 Å². The van der Waals surface area contributed by atoms with E-state index in [0.717, 1.165) is 29.3 Å². The summed E-state index contributed by atoms with van der Waals surface area (Å²) < 4.78 is 3.83. The lowest BCUT2D eigenvalue weighted by molar-refractivity contribution is 0.756. The van der Waals surface area contributed by atoms with Crippen LogP contribution in [0.3, 0.4) is 0 Å². The smallest absolute Gasteiger partial charge is 0.132 e. The molecule has 0 aliphatic heterocycles. The van der Waals surface area contributed by atoms with Crippen molar-refractivity contribution in [2.45, 2.75) is 20.4 Å². The fourth-order valence-corrected chi connectivity index (χ4v) is 2.58. The molecule has 5 heteroatoms. The number of nitrogen functional groups attached to an aromatic ring is 1. The monoisotopic (exact) mass is 281 g/mol. The summed E-state index contributed by atoms with van der Waals surface area (Å²) in [5.74, 6) is 1.60. The molecule has 5 nitrogen and oxygen atoms in total. The van der Waals surface area contributed by atoms with Crippen molar-refractivity contribution in [1.82, 2.24) is 19.3 Å². The standard InChI is InChI=1S/C16H19N5/c1-11-14(10-20(3)19-11)15-16(17)21(12(2)18-15)9-13-7-5-4-6-8-13/h4-8,10H,9,17H2,1-3H3. The fourth-order valence-electron chi connectivity index (χ4n) is 2.58. The molecule has 21 heavy (non-hydrogen) atoms. The van der Waals surface area contributed by atoms with E-state index in [1.54, 1.807) is 4.68 Å². The quantitative estimate of drug-likeness (QED) is 0.802. The molecule has 0 bridgehead atoms. The van der Waals surface area contributed by atoms with E-state index in [1.807, 2.05) is 49.9 Å². The van der Waals surface area contributed by atoms with Gasteiger partial charge in [0.1, 0.15) is 17.3 Å². The van der Waals surface area contributed by atoms with Crippen LogP contribution in [0.4, 0.5) is 5.82 Å². The molecule has 0 fully saturated rings. The Morgan fingerprint density at radius 2 is 1.86 bits per heavy atom. The van der Waals surface area contributed by atoms with Crippen molar-refractivity contribution in [2.24, 2.45) is 7.05 Å². The van der Waals surface area contributed by atoms with Crippen molar-refractivity contribution in [1.29, 1.82) is 0 Å². The largest absolute Gasteiger partial charge is 0.383 e. The summed E-state index contributed by atoms with van der Waals surface area (Å²) in [4.78, 5) is 4.64. The van der Waals surface area contributed by atoms with Crippen LogP contribution in [0.15, 0.2) is 36.5 Å². The van der Waals surface area contributed by atoms with Crippen LogP contribution in [-0.4, -0.2) is 19.3 Å². The minimum absolute atomic E-state index is 0.687. The number of hydrogen-bond donors (Lipinski definition) is 1. The molecule has 3 rings (SSSR count).